The van der Waals surface area contributed by atoms with Crippen molar-refractivity contribution < 1.29 is 29.4 Å². The molecule has 0 aliphatic heterocycles. The molecule has 0 bridgehead atoms. The van der Waals surface area contributed by atoms with E-state index in [1.165, 1.54) is 0 Å². The Kier molecular flexibility index (Phi) is 9.73. The van der Waals surface area contributed by atoms with Gasteiger partial charge in [-0.2, -0.15) is 5.10 Å². The number of carboxylic acids is 1. The molecule has 1 aromatic heterocycles. The van der Waals surface area contributed by atoms with Gasteiger partial charge in [0.15, 0.2) is 5.97 Å². The predicted octanol–water partition coefficient (Wildman–Crippen LogP) is 0.312. The minimum Gasteiger partial charge on any atom is -0.503 e. The van der Waals surface area contributed by atoms with Crippen LogP contribution in [0.15, 0.2) is 18.5 Å². The Morgan fingerprint density at radius 3 is 2.30 bits per heavy atom. The van der Waals surface area contributed by atoms with E-state index in [0.717, 1.165) is 0 Å². The summed E-state index contributed by atoms with van der Waals surface area (Å²) >= 11 is 0. The summed E-state index contributed by atoms with van der Waals surface area (Å²) in [6.45, 7) is 2.56. The molecule has 59 valence electrons. The summed E-state index contributed by atoms with van der Waals surface area (Å²) in [4.78, 5) is 8.89. The normalized spacial score (nSPS) is 6.40. The van der Waals surface area contributed by atoms with Crippen LogP contribution in [0.4, 0.5) is 0 Å². The molecule has 1 rings (SSSR count). The van der Waals surface area contributed by atoms with E-state index < -0.39 is 5.97 Å². The number of nitrogens with one attached hydrogen (secondary N) is 1. The van der Waals surface area contributed by atoms with Crippen molar-refractivity contribution in [3.05, 3.63) is 25.4 Å². The van der Waals surface area contributed by atoms with Gasteiger partial charge in [0.05, 0.1) is 0 Å². The van der Waals surface area contributed by atoms with Crippen LogP contribution in [-0.4, -0.2) is 21.3 Å². The van der Waals surface area contributed by atoms with E-state index in [4.69, 9.17) is 9.90 Å². The Bertz CT molecular complexity index is 131. The van der Waals surface area contributed by atoms with Crippen molar-refractivity contribution in [2.45, 2.75) is 0 Å². The fraction of sp³-hybridized carbons (Fsp3) is 0. The van der Waals surface area contributed by atoms with Crippen LogP contribution in [0.1, 0.15) is 0 Å². The summed E-state index contributed by atoms with van der Waals surface area (Å²) in [5, 5.41) is 13.5. The van der Waals surface area contributed by atoms with Crippen LogP contribution < -0.4 is 0 Å². The second-order valence-corrected chi connectivity index (χ2v) is 1.16. The van der Waals surface area contributed by atoms with Gasteiger partial charge in [0.2, 0.25) is 0 Å². The van der Waals surface area contributed by atoms with E-state index >= 15 is 0 Å². The van der Waals surface area contributed by atoms with E-state index in [1.807, 2.05) is 6.07 Å². The largest absolute Gasteiger partial charge is 0.503 e. The maximum atomic E-state index is 8.89. The van der Waals surface area contributed by atoms with Crippen LogP contribution in [0.5, 0.6) is 0 Å². The van der Waals surface area contributed by atoms with Crippen molar-refractivity contribution in [2.75, 3.05) is 0 Å². The number of nitrogens with zero attached hydrogens (tertiary/aromatic N) is 1. The van der Waals surface area contributed by atoms with Gasteiger partial charge in [0.25, 0.3) is 0 Å². The molecule has 0 saturated carbocycles. The second-order valence-electron chi connectivity index (χ2n) is 1.16. The van der Waals surface area contributed by atoms with Gasteiger partial charge >= 0.3 is 0 Å². The van der Waals surface area contributed by atoms with E-state index in [-0.39, 0.29) is 19.5 Å². The molecule has 0 aliphatic carbocycles. The van der Waals surface area contributed by atoms with Crippen molar-refractivity contribution in [2.24, 2.45) is 0 Å². The summed E-state index contributed by atoms with van der Waals surface area (Å²) in [5.74, 6) is -1.08. The molecule has 0 saturated heterocycles. The molecule has 0 atom stereocenters. The molecule has 0 aliphatic rings. The molecule has 5 heteroatoms. The Hall–Kier alpha value is -0.827. The summed E-state index contributed by atoms with van der Waals surface area (Å²) < 4.78 is 0. The third-order valence-electron chi connectivity index (χ3n) is 0.406. The maximum Gasteiger partial charge on any atom is 0.161 e. The number of hydrogen-bond acceptors (Lipinski definition) is 2. The van der Waals surface area contributed by atoms with Gasteiger partial charge in [0, 0.05) is 31.9 Å². The standard InChI is InChI=1S/C3H4N2.C2H3O2.Rh/c1-2-4-5-3-1;1-2(3)4;/h1-3H,(H,4,5);1H2,(H,3,4);/q;-1;. The number of aliphatic carboxylic acids is 1. The van der Waals surface area contributed by atoms with Gasteiger partial charge in [-0.3, -0.25) is 16.8 Å². The Morgan fingerprint density at radius 2 is 2.20 bits per heavy atom. The number of aromatic amines is 1. The quantitative estimate of drug-likeness (QED) is 0.498. The molecule has 1 heterocycles. The zero-order valence-corrected chi connectivity index (χ0v) is 6.71. The van der Waals surface area contributed by atoms with Crippen LogP contribution in [0.25, 0.3) is 0 Å². The molecule has 0 spiro atoms. The van der Waals surface area contributed by atoms with E-state index in [2.05, 4.69) is 17.1 Å². The van der Waals surface area contributed by atoms with Gasteiger partial charge in [-0.05, 0) is 6.07 Å². The molecule has 1 radical (unpaired) electrons. The molecule has 1 aromatic rings. The second kappa shape index (κ2) is 8.17. The molecule has 4 nitrogen and oxygen atoms in total. The summed E-state index contributed by atoms with van der Waals surface area (Å²) in [6, 6.07) is 1.83. The number of carboxylic acid groups (broad SMARTS) is 1. The first kappa shape index (κ1) is 11.9. The zero-order valence-electron chi connectivity index (χ0n) is 5.08. The zero-order chi connectivity index (χ0) is 7.11. The monoisotopic (exact) mass is 230 g/mol. The fourth-order valence-corrected chi connectivity index (χ4v) is 0.215. The minimum atomic E-state index is -1.08. The fourth-order valence-electron chi connectivity index (χ4n) is 0.215. The SMILES string of the molecule is [CH2-]C(=O)O.[Rh].c1cn[nH]c1. The molecular formula is C5H7N2O2Rh-. The van der Waals surface area contributed by atoms with Crippen LogP contribution >= 0.6 is 0 Å². The molecule has 0 fully saturated rings. The van der Waals surface area contributed by atoms with Crippen molar-refractivity contribution in [1.29, 1.82) is 0 Å². The van der Waals surface area contributed by atoms with Crippen molar-refractivity contribution in [3.63, 3.8) is 0 Å². The molecule has 10 heavy (non-hydrogen) atoms. The number of H-pyrrole nitrogens is 1. The number of rotatable bonds is 0. The topological polar surface area (TPSA) is 66.0 Å². The minimum absolute atomic E-state index is 0. The maximum absolute atomic E-state index is 8.89. The van der Waals surface area contributed by atoms with Crippen molar-refractivity contribution >= 4 is 5.97 Å². The van der Waals surface area contributed by atoms with Crippen molar-refractivity contribution in [1.82, 2.24) is 10.2 Å². The first-order chi connectivity index (χ1) is 4.23. The van der Waals surface area contributed by atoms with Gasteiger partial charge < -0.3 is 5.11 Å². The van der Waals surface area contributed by atoms with Crippen molar-refractivity contribution in [3.8, 4) is 0 Å². The van der Waals surface area contributed by atoms with Gasteiger partial charge in [-0.15, -0.1) is 0 Å². The smallest absolute Gasteiger partial charge is 0.161 e. The summed E-state index contributed by atoms with van der Waals surface area (Å²) in [6.07, 6.45) is 3.46. The summed E-state index contributed by atoms with van der Waals surface area (Å²) in [5.41, 5.74) is 0. The van der Waals surface area contributed by atoms with Crippen LogP contribution in [0, 0.1) is 6.92 Å². The predicted molar refractivity (Wildman–Crippen MR) is 31.6 cm³/mol. The average molecular weight is 230 g/mol. The van der Waals surface area contributed by atoms with Gasteiger partial charge in [-0.1, -0.05) is 0 Å². The number of hydrogen-bond donors (Lipinski definition) is 2. The Balaban J connectivity index is 0. The van der Waals surface area contributed by atoms with E-state index in [1.54, 1.807) is 12.4 Å². The Morgan fingerprint density at radius 1 is 1.70 bits per heavy atom. The van der Waals surface area contributed by atoms with E-state index in [9.17, 15) is 0 Å². The number of aromatic nitrogens is 2. The third-order valence-corrected chi connectivity index (χ3v) is 0.406. The van der Waals surface area contributed by atoms with Crippen LogP contribution in [0.2, 0.25) is 0 Å². The van der Waals surface area contributed by atoms with Crippen LogP contribution in [0.3, 0.4) is 0 Å². The molecule has 0 amide bonds. The van der Waals surface area contributed by atoms with Gasteiger partial charge in [-0.25, -0.2) is 0 Å². The molecule has 0 aromatic carbocycles. The summed E-state index contributed by atoms with van der Waals surface area (Å²) in [7, 11) is 0. The molecule has 2 N–H and O–H groups in total. The first-order valence-corrected chi connectivity index (χ1v) is 2.22. The third kappa shape index (κ3) is 15.7. The van der Waals surface area contributed by atoms with E-state index in [0.29, 0.717) is 0 Å². The average Bonchev–Trinajstić information content (AvgIpc) is 2.11. The molecule has 0 unspecified atom stereocenters. The Labute approximate surface area is 71.4 Å². The van der Waals surface area contributed by atoms with Gasteiger partial charge in [0.1, 0.15) is 0 Å². The van der Waals surface area contributed by atoms with Crippen LogP contribution in [-0.2, 0) is 24.3 Å². The number of carbonyl (C=O) groups is 1. The first-order valence-electron chi connectivity index (χ1n) is 2.22. The molecular weight excluding hydrogens is 223 g/mol.